The molecule has 0 spiro atoms. The number of hydrogen-bond donors (Lipinski definition) is 1. The van der Waals surface area contributed by atoms with Crippen LogP contribution in [0.5, 0.6) is 0 Å². The van der Waals surface area contributed by atoms with Crippen LogP contribution in [-0.4, -0.2) is 45.4 Å². The summed E-state index contributed by atoms with van der Waals surface area (Å²) in [6, 6.07) is 3.99. The highest BCUT2D eigenvalue weighted by Crippen LogP contribution is 2.24. The predicted molar refractivity (Wildman–Crippen MR) is 93.1 cm³/mol. The third kappa shape index (κ3) is 3.49. The van der Waals surface area contributed by atoms with Crippen molar-refractivity contribution in [1.82, 2.24) is 25.1 Å². The normalized spacial score (nSPS) is 18.8. The average molecular weight is 330 g/mol. The van der Waals surface area contributed by atoms with Gasteiger partial charge < -0.3 is 10.2 Å². The standard InChI is InChI=1S/C17H26N6O/c1-12(24)18-10-13-6-5-9-22(11-13)15-8-7-14-19-20-16(17(2,3)4)23(14)21-15/h7-8,13H,5-6,9-11H2,1-4H3,(H,18,24). The molecule has 1 aliphatic heterocycles. The molecule has 2 aromatic heterocycles. The summed E-state index contributed by atoms with van der Waals surface area (Å²) >= 11 is 0. The van der Waals surface area contributed by atoms with Crippen molar-refractivity contribution in [1.29, 1.82) is 0 Å². The molecule has 0 bridgehead atoms. The molecule has 0 aromatic carbocycles. The van der Waals surface area contributed by atoms with E-state index in [4.69, 9.17) is 5.10 Å². The van der Waals surface area contributed by atoms with Crippen LogP contribution in [0.3, 0.4) is 0 Å². The molecular formula is C17H26N6O. The Morgan fingerprint density at radius 3 is 2.83 bits per heavy atom. The first-order chi connectivity index (χ1) is 11.3. The lowest BCUT2D eigenvalue weighted by Crippen LogP contribution is -2.41. The molecule has 1 fully saturated rings. The van der Waals surface area contributed by atoms with Gasteiger partial charge in [0.25, 0.3) is 0 Å². The van der Waals surface area contributed by atoms with Gasteiger partial charge in [0.2, 0.25) is 5.91 Å². The van der Waals surface area contributed by atoms with E-state index in [1.807, 2.05) is 16.6 Å². The number of piperidine rings is 1. The molecule has 1 unspecified atom stereocenters. The molecule has 130 valence electrons. The van der Waals surface area contributed by atoms with Crippen molar-refractivity contribution in [2.75, 3.05) is 24.5 Å². The Labute approximate surface area is 142 Å². The van der Waals surface area contributed by atoms with Crippen LogP contribution in [0.1, 0.15) is 46.4 Å². The fourth-order valence-corrected chi connectivity index (χ4v) is 3.14. The molecule has 1 atom stereocenters. The third-order valence-electron chi connectivity index (χ3n) is 4.40. The maximum Gasteiger partial charge on any atom is 0.216 e. The molecule has 1 N–H and O–H groups in total. The Hall–Kier alpha value is -2.18. The van der Waals surface area contributed by atoms with Crippen molar-refractivity contribution in [3.05, 3.63) is 18.0 Å². The molecular weight excluding hydrogens is 304 g/mol. The molecule has 1 amide bonds. The van der Waals surface area contributed by atoms with E-state index in [2.05, 4.69) is 41.2 Å². The van der Waals surface area contributed by atoms with Gasteiger partial charge >= 0.3 is 0 Å². The van der Waals surface area contributed by atoms with Crippen LogP contribution in [-0.2, 0) is 10.2 Å². The summed E-state index contributed by atoms with van der Waals surface area (Å²) in [4.78, 5) is 13.4. The number of rotatable bonds is 3. The minimum absolute atomic E-state index is 0.0333. The minimum Gasteiger partial charge on any atom is -0.356 e. The Balaban J connectivity index is 1.82. The van der Waals surface area contributed by atoms with Crippen LogP contribution in [0.4, 0.5) is 5.82 Å². The van der Waals surface area contributed by atoms with E-state index >= 15 is 0 Å². The van der Waals surface area contributed by atoms with Gasteiger partial charge in [-0.25, -0.2) is 0 Å². The Kier molecular flexibility index (Phi) is 4.43. The highest BCUT2D eigenvalue weighted by atomic mass is 16.1. The number of amides is 1. The van der Waals surface area contributed by atoms with Gasteiger partial charge in [-0.05, 0) is 30.9 Å². The molecule has 3 rings (SSSR count). The summed E-state index contributed by atoms with van der Waals surface area (Å²) in [6.07, 6.45) is 2.25. The van der Waals surface area contributed by atoms with Gasteiger partial charge in [0.15, 0.2) is 11.5 Å². The van der Waals surface area contributed by atoms with Crippen molar-refractivity contribution in [2.45, 2.75) is 46.0 Å². The summed E-state index contributed by atoms with van der Waals surface area (Å²) in [7, 11) is 0. The van der Waals surface area contributed by atoms with E-state index in [1.165, 1.54) is 0 Å². The summed E-state index contributed by atoms with van der Waals surface area (Å²) in [6.45, 7) is 10.5. The zero-order valence-electron chi connectivity index (χ0n) is 14.9. The summed E-state index contributed by atoms with van der Waals surface area (Å²) in [5.74, 6) is 2.31. The fourth-order valence-electron chi connectivity index (χ4n) is 3.14. The molecule has 0 radical (unpaired) electrons. The molecule has 7 heteroatoms. The number of fused-ring (bicyclic) bond motifs is 1. The molecule has 24 heavy (non-hydrogen) atoms. The first-order valence-corrected chi connectivity index (χ1v) is 8.57. The van der Waals surface area contributed by atoms with Crippen molar-refractivity contribution in [3.63, 3.8) is 0 Å². The van der Waals surface area contributed by atoms with Gasteiger partial charge in [-0.2, -0.15) is 4.52 Å². The van der Waals surface area contributed by atoms with E-state index in [0.717, 1.165) is 49.8 Å². The lowest BCUT2D eigenvalue weighted by Gasteiger charge is -2.33. The molecule has 0 aliphatic carbocycles. The monoisotopic (exact) mass is 330 g/mol. The number of anilines is 1. The van der Waals surface area contributed by atoms with Crippen LogP contribution in [0.15, 0.2) is 12.1 Å². The largest absolute Gasteiger partial charge is 0.356 e. The maximum absolute atomic E-state index is 11.1. The maximum atomic E-state index is 11.1. The average Bonchev–Trinajstić information content (AvgIpc) is 2.96. The first kappa shape index (κ1) is 16.7. The van der Waals surface area contributed by atoms with Gasteiger partial charge in [-0.15, -0.1) is 15.3 Å². The second-order valence-electron chi connectivity index (χ2n) is 7.63. The molecule has 1 saturated heterocycles. The van der Waals surface area contributed by atoms with Gasteiger partial charge in [0.1, 0.15) is 5.82 Å². The van der Waals surface area contributed by atoms with Crippen molar-refractivity contribution in [3.8, 4) is 0 Å². The van der Waals surface area contributed by atoms with E-state index in [1.54, 1.807) is 6.92 Å². The lowest BCUT2D eigenvalue weighted by atomic mass is 9.96. The summed E-state index contributed by atoms with van der Waals surface area (Å²) in [5.41, 5.74) is 0.663. The summed E-state index contributed by atoms with van der Waals surface area (Å²) in [5, 5.41) is 16.2. The number of nitrogens with zero attached hydrogens (tertiary/aromatic N) is 5. The highest BCUT2D eigenvalue weighted by Gasteiger charge is 2.24. The second-order valence-corrected chi connectivity index (χ2v) is 7.63. The SMILES string of the molecule is CC(=O)NCC1CCCN(c2ccc3nnc(C(C)(C)C)n3n2)C1. The molecule has 0 saturated carbocycles. The first-order valence-electron chi connectivity index (χ1n) is 8.57. The molecule has 2 aromatic rings. The predicted octanol–water partition coefficient (Wildman–Crippen LogP) is 1.77. The number of carbonyl (C=O) groups excluding carboxylic acids is 1. The number of hydrogen-bond acceptors (Lipinski definition) is 5. The van der Waals surface area contributed by atoms with Gasteiger partial charge in [0, 0.05) is 32.0 Å². The minimum atomic E-state index is -0.110. The van der Waals surface area contributed by atoms with E-state index < -0.39 is 0 Å². The zero-order chi connectivity index (χ0) is 17.3. The Morgan fingerprint density at radius 2 is 2.12 bits per heavy atom. The van der Waals surface area contributed by atoms with Crippen molar-refractivity contribution >= 4 is 17.4 Å². The number of aromatic nitrogens is 4. The smallest absolute Gasteiger partial charge is 0.216 e. The van der Waals surface area contributed by atoms with Crippen molar-refractivity contribution < 1.29 is 4.79 Å². The number of nitrogens with one attached hydrogen (secondary N) is 1. The number of carbonyl (C=O) groups is 1. The lowest BCUT2D eigenvalue weighted by molar-refractivity contribution is -0.119. The Bertz CT molecular complexity index is 732. The topological polar surface area (TPSA) is 75.4 Å². The molecule has 7 nitrogen and oxygen atoms in total. The van der Waals surface area contributed by atoms with Crippen LogP contribution in [0.25, 0.3) is 5.65 Å². The van der Waals surface area contributed by atoms with Gasteiger partial charge in [0.05, 0.1) is 0 Å². The third-order valence-corrected chi connectivity index (χ3v) is 4.40. The fraction of sp³-hybridized carbons (Fsp3) is 0.647. The zero-order valence-corrected chi connectivity index (χ0v) is 14.9. The van der Waals surface area contributed by atoms with Crippen LogP contribution >= 0.6 is 0 Å². The van der Waals surface area contributed by atoms with E-state index in [-0.39, 0.29) is 11.3 Å². The van der Waals surface area contributed by atoms with Crippen LogP contribution in [0.2, 0.25) is 0 Å². The van der Waals surface area contributed by atoms with Crippen LogP contribution in [0, 0.1) is 5.92 Å². The van der Waals surface area contributed by atoms with E-state index in [0.29, 0.717) is 5.92 Å². The Morgan fingerprint density at radius 1 is 1.33 bits per heavy atom. The van der Waals surface area contributed by atoms with Crippen molar-refractivity contribution in [2.24, 2.45) is 5.92 Å². The molecule has 1 aliphatic rings. The van der Waals surface area contributed by atoms with Gasteiger partial charge in [-0.1, -0.05) is 20.8 Å². The molecule has 3 heterocycles. The second kappa shape index (κ2) is 6.37. The quantitative estimate of drug-likeness (QED) is 0.928. The summed E-state index contributed by atoms with van der Waals surface area (Å²) < 4.78 is 1.85. The van der Waals surface area contributed by atoms with E-state index in [9.17, 15) is 4.79 Å². The van der Waals surface area contributed by atoms with Gasteiger partial charge in [-0.3, -0.25) is 4.79 Å². The highest BCUT2D eigenvalue weighted by molar-refractivity contribution is 5.72. The van der Waals surface area contributed by atoms with Crippen LogP contribution < -0.4 is 10.2 Å².